The monoisotopic (exact) mass is 218 g/mol. The Bertz CT molecular complexity index is 408. The van der Waals surface area contributed by atoms with Crippen LogP contribution in [-0.4, -0.2) is 30.8 Å². The van der Waals surface area contributed by atoms with Crippen LogP contribution in [0.5, 0.6) is 0 Å². The molecule has 3 N–H and O–H groups in total. The van der Waals surface area contributed by atoms with E-state index in [1.165, 1.54) is 11.1 Å². The van der Waals surface area contributed by atoms with Crippen molar-refractivity contribution < 1.29 is 0 Å². The number of hydrogen-bond acceptors (Lipinski definition) is 4. The topological polar surface area (TPSA) is 44.5 Å². The first-order chi connectivity index (χ1) is 7.63. The molecule has 0 amide bonds. The molecule has 2 rings (SSSR count). The smallest absolute Gasteiger partial charge is 0.0799 e. The first-order valence-corrected chi connectivity index (χ1v) is 5.37. The Labute approximate surface area is 96.3 Å². The molecular formula is C12H18N4. The van der Waals surface area contributed by atoms with Crippen molar-refractivity contribution in [2.75, 3.05) is 20.6 Å². The fourth-order valence-electron chi connectivity index (χ4n) is 1.83. The Balaban J connectivity index is 2.39. The second-order valence-electron chi connectivity index (χ2n) is 4.05. The fourth-order valence-corrected chi connectivity index (χ4v) is 1.83. The molecule has 1 aromatic carbocycles. The van der Waals surface area contributed by atoms with Crippen LogP contribution in [0.15, 0.2) is 30.0 Å². The van der Waals surface area contributed by atoms with Crippen LogP contribution in [0.2, 0.25) is 0 Å². The highest BCUT2D eigenvalue weighted by Crippen LogP contribution is 2.23. The van der Waals surface area contributed by atoms with Crippen molar-refractivity contribution in [2.24, 2.45) is 5.73 Å². The Kier molecular flexibility index (Phi) is 2.85. The van der Waals surface area contributed by atoms with Gasteiger partial charge in [0.25, 0.3) is 0 Å². The standard InChI is InChI=1S/C12H18N4/c1-9-4-6-10(7-5-9)12-11(8-13)15(2)16(3)14-12/h4-7,14H,8,13H2,1-3H3. The number of nitrogens with zero attached hydrogens (tertiary/aromatic N) is 2. The van der Waals surface area contributed by atoms with E-state index in [9.17, 15) is 0 Å². The number of nitrogens with two attached hydrogens (primary N) is 1. The molecule has 4 nitrogen and oxygen atoms in total. The Morgan fingerprint density at radius 3 is 2.38 bits per heavy atom. The molecule has 0 saturated heterocycles. The molecule has 0 unspecified atom stereocenters. The Morgan fingerprint density at radius 1 is 1.19 bits per heavy atom. The second kappa shape index (κ2) is 4.15. The van der Waals surface area contributed by atoms with Gasteiger partial charge in [0.05, 0.1) is 11.4 Å². The number of nitrogens with one attached hydrogen (secondary N) is 1. The summed E-state index contributed by atoms with van der Waals surface area (Å²) < 4.78 is 0. The number of benzene rings is 1. The molecule has 0 fully saturated rings. The summed E-state index contributed by atoms with van der Waals surface area (Å²) in [7, 11) is 3.97. The lowest BCUT2D eigenvalue weighted by molar-refractivity contribution is 0.0545. The molecule has 0 saturated carbocycles. The average Bonchev–Trinajstić information content (AvgIpc) is 2.56. The summed E-state index contributed by atoms with van der Waals surface area (Å²) in [6.07, 6.45) is 0. The predicted octanol–water partition coefficient (Wildman–Crippen LogP) is 0.919. The lowest BCUT2D eigenvalue weighted by atomic mass is 10.1. The van der Waals surface area contributed by atoms with Gasteiger partial charge in [-0.05, 0) is 6.92 Å². The van der Waals surface area contributed by atoms with Crippen molar-refractivity contribution in [1.82, 2.24) is 15.6 Å². The third-order valence-corrected chi connectivity index (χ3v) is 2.94. The molecule has 1 aliphatic rings. The van der Waals surface area contributed by atoms with Gasteiger partial charge in [-0.2, -0.15) is 0 Å². The molecule has 1 aliphatic heterocycles. The van der Waals surface area contributed by atoms with Crippen LogP contribution in [0.1, 0.15) is 11.1 Å². The van der Waals surface area contributed by atoms with Gasteiger partial charge in [0.1, 0.15) is 0 Å². The minimum Gasteiger partial charge on any atom is -0.325 e. The van der Waals surface area contributed by atoms with Crippen LogP contribution < -0.4 is 11.2 Å². The van der Waals surface area contributed by atoms with Crippen molar-refractivity contribution in [2.45, 2.75) is 6.92 Å². The SMILES string of the molecule is Cc1ccc(C2=C(CN)N(C)N(C)N2)cc1. The minimum absolute atomic E-state index is 0.525. The molecule has 4 heteroatoms. The molecule has 0 aromatic heterocycles. The van der Waals surface area contributed by atoms with Crippen molar-refractivity contribution in [3.63, 3.8) is 0 Å². The maximum atomic E-state index is 5.78. The van der Waals surface area contributed by atoms with Crippen LogP contribution >= 0.6 is 0 Å². The maximum Gasteiger partial charge on any atom is 0.0799 e. The highest BCUT2D eigenvalue weighted by Gasteiger charge is 2.23. The lowest BCUT2D eigenvalue weighted by Gasteiger charge is -2.22. The summed E-state index contributed by atoms with van der Waals surface area (Å²) in [5, 5.41) is 3.95. The maximum absolute atomic E-state index is 5.78. The van der Waals surface area contributed by atoms with Gasteiger partial charge in [-0.3, -0.25) is 10.4 Å². The molecule has 86 valence electrons. The average molecular weight is 218 g/mol. The van der Waals surface area contributed by atoms with E-state index in [0.29, 0.717) is 6.54 Å². The van der Waals surface area contributed by atoms with Crippen molar-refractivity contribution in [3.8, 4) is 0 Å². The van der Waals surface area contributed by atoms with E-state index in [4.69, 9.17) is 5.73 Å². The number of rotatable bonds is 2. The molecule has 0 radical (unpaired) electrons. The van der Waals surface area contributed by atoms with Crippen molar-refractivity contribution in [1.29, 1.82) is 0 Å². The molecule has 0 aliphatic carbocycles. The van der Waals surface area contributed by atoms with Gasteiger partial charge in [0, 0.05) is 26.2 Å². The number of hydrogen-bond donors (Lipinski definition) is 2. The zero-order valence-corrected chi connectivity index (χ0v) is 9.99. The first-order valence-electron chi connectivity index (χ1n) is 5.37. The van der Waals surface area contributed by atoms with Crippen molar-refractivity contribution >= 4 is 5.70 Å². The normalized spacial score (nSPS) is 16.9. The van der Waals surface area contributed by atoms with Gasteiger partial charge in [0.2, 0.25) is 0 Å². The zero-order valence-electron chi connectivity index (χ0n) is 9.99. The van der Waals surface area contributed by atoms with Crippen LogP contribution in [0.25, 0.3) is 5.70 Å². The molecule has 1 aromatic rings. The summed E-state index contributed by atoms with van der Waals surface area (Å²) in [4.78, 5) is 0. The molecule has 0 atom stereocenters. The molecule has 1 heterocycles. The largest absolute Gasteiger partial charge is 0.325 e. The third-order valence-electron chi connectivity index (χ3n) is 2.94. The summed E-state index contributed by atoms with van der Waals surface area (Å²) in [6, 6.07) is 8.44. The van der Waals surface area contributed by atoms with Gasteiger partial charge < -0.3 is 5.73 Å². The third kappa shape index (κ3) is 1.77. The highest BCUT2D eigenvalue weighted by atomic mass is 15.8. The fraction of sp³-hybridized carbons (Fsp3) is 0.333. The quantitative estimate of drug-likeness (QED) is 0.775. The Morgan fingerprint density at radius 2 is 1.81 bits per heavy atom. The van der Waals surface area contributed by atoms with Crippen LogP contribution in [0.3, 0.4) is 0 Å². The number of aryl methyl sites for hydroxylation is 1. The van der Waals surface area contributed by atoms with Crippen molar-refractivity contribution in [3.05, 3.63) is 41.1 Å². The number of hydrazine groups is 2. The minimum atomic E-state index is 0.525. The predicted molar refractivity (Wildman–Crippen MR) is 65.8 cm³/mol. The van der Waals surface area contributed by atoms with Gasteiger partial charge in [0.15, 0.2) is 0 Å². The van der Waals surface area contributed by atoms with Gasteiger partial charge >= 0.3 is 0 Å². The summed E-state index contributed by atoms with van der Waals surface area (Å²) >= 11 is 0. The van der Waals surface area contributed by atoms with Crippen LogP contribution in [0.4, 0.5) is 0 Å². The van der Waals surface area contributed by atoms with E-state index in [-0.39, 0.29) is 0 Å². The van der Waals surface area contributed by atoms with Gasteiger partial charge in [-0.15, -0.1) is 5.12 Å². The van der Waals surface area contributed by atoms with E-state index in [1.807, 2.05) is 24.2 Å². The summed E-state index contributed by atoms with van der Waals surface area (Å²) in [5.74, 6) is 0. The summed E-state index contributed by atoms with van der Waals surface area (Å²) in [5.41, 5.74) is 13.7. The molecule has 16 heavy (non-hydrogen) atoms. The number of likely N-dealkylation sites (N-methyl/N-ethyl adjacent to an activating group) is 1. The van der Waals surface area contributed by atoms with E-state index in [1.54, 1.807) is 0 Å². The molecule has 0 bridgehead atoms. The van der Waals surface area contributed by atoms with Gasteiger partial charge in [-0.1, -0.05) is 29.8 Å². The van der Waals surface area contributed by atoms with E-state index in [0.717, 1.165) is 11.4 Å². The summed E-state index contributed by atoms with van der Waals surface area (Å²) in [6.45, 7) is 2.61. The van der Waals surface area contributed by atoms with E-state index >= 15 is 0 Å². The Hall–Kier alpha value is -1.52. The van der Waals surface area contributed by atoms with E-state index < -0.39 is 0 Å². The lowest BCUT2D eigenvalue weighted by Crippen LogP contribution is -2.38. The zero-order chi connectivity index (χ0) is 11.7. The molecule has 0 spiro atoms. The first kappa shape index (κ1) is 11.0. The van der Waals surface area contributed by atoms with Crippen LogP contribution in [-0.2, 0) is 0 Å². The highest BCUT2D eigenvalue weighted by molar-refractivity contribution is 5.68. The second-order valence-corrected chi connectivity index (χ2v) is 4.05. The molecular weight excluding hydrogens is 200 g/mol. The van der Waals surface area contributed by atoms with Crippen LogP contribution in [0, 0.1) is 6.92 Å². The van der Waals surface area contributed by atoms with Gasteiger partial charge in [-0.25, -0.2) is 0 Å². The van der Waals surface area contributed by atoms with E-state index in [2.05, 4.69) is 36.6 Å².